The van der Waals surface area contributed by atoms with Crippen molar-refractivity contribution in [1.82, 2.24) is 9.80 Å². The maximum Gasteiger partial charge on any atom is 0.253 e. The Morgan fingerprint density at radius 2 is 1.96 bits per heavy atom. The van der Waals surface area contributed by atoms with Gasteiger partial charge in [0.15, 0.2) is 0 Å². The van der Waals surface area contributed by atoms with E-state index in [2.05, 4.69) is 17.1 Å². The summed E-state index contributed by atoms with van der Waals surface area (Å²) in [5, 5.41) is 0.624. The quantitative estimate of drug-likeness (QED) is 0.794. The summed E-state index contributed by atoms with van der Waals surface area (Å²) in [6.45, 7) is 4.82. The normalized spacial score (nSPS) is 30.1. The van der Waals surface area contributed by atoms with E-state index < -0.39 is 0 Å². The Kier molecular flexibility index (Phi) is 4.16. The fraction of sp³-hybridized carbons (Fsp3) is 0.526. The van der Waals surface area contributed by atoms with E-state index in [1.807, 2.05) is 17.0 Å². The van der Waals surface area contributed by atoms with Crippen molar-refractivity contribution < 1.29 is 4.79 Å². The summed E-state index contributed by atoms with van der Waals surface area (Å²) in [6, 6.07) is 7.26. The average molecular weight is 331 g/mol. The van der Waals surface area contributed by atoms with Gasteiger partial charge in [-0.15, -0.1) is 0 Å². The zero-order chi connectivity index (χ0) is 15.8. The second-order valence-corrected chi connectivity index (χ2v) is 7.58. The van der Waals surface area contributed by atoms with E-state index in [9.17, 15) is 4.79 Å². The zero-order valence-electron chi connectivity index (χ0n) is 13.3. The molecule has 1 amide bonds. The van der Waals surface area contributed by atoms with Gasteiger partial charge in [-0.3, -0.25) is 9.69 Å². The molecule has 3 atom stereocenters. The lowest BCUT2D eigenvalue weighted by Gasteiger charge is -2.37. The van der Waals surface area contributed by atoms with E-state index in [1.165, 1.54) is 19.4 Å². The molecular formula is C19H23ClN2O. The summed E-state index contributed by atoms with van der Waals surface area (Å²) >= 11 is 5.99. The van der Waals surface area contributed by atoms with Gasteiger partial charge in [-0.2, -0.15) is 0 Å². The number of halogens is 1. The zero-order valence-corrected chi connectivity index (χ0v) is 14.1. The van der Waals surface area contributed by atoms with Crippen LogP contribution < -0.4 is 0 Å². The second-order valence-electron chi connectivity index (χ2n) is 7.14. The lowest BCUT2D eigenvalue weighted by atomic mass is 9.93. The summed E-state index contributed by atoms with van der Waals surface area (Å²) in [7, 11) is 0. The standard InChI is InChI=1S/C19H23ClN2O/c20-18-3-1-2-16(12-18)19(23)22-8-6-21(7-9-22)13-17-11-14-4-5-15(17)10-14/h1-5,12,14-15,17H,6-11,13H2/t14-,15+,17+/m1/s1. The Bertz CT molecular complexity index is 622. The summed E-state index contributed by atoms with van der Waals surface area (Å²) in [5.41, 5.74) is 0.698. The highest BCUT2D eigenvalue weighted by Gasteiger charge is 2.36. The maximum absolute atomic E-state index is 12.5. The molecule has 3 nitrogen and oxygen atoms in total. The van der Waals surface area contributed by atoms with Crippen LogP contribution in [-0.2, 0) is 0 Å². The van der Waals surface area contributed by atoms with Crippen LogP contribution in [0.15, 0.2) is 36.4 Å². The van der Waals surface area contributed by atoms with Crippen molar-refractivity contribution in [2.24, 2.45) is 17.8 Å². The highest BCUT2D eigenvalue weighted by Crippen LogP contribution is 2.43. The number of allylic oxidation sites excluding steroid dienone is 2. The highest BCUT2D eigenvalue weighted by molar-refractivity contribution is 6.30. The number of rotatable bonds is 3. The number of fused-ring (bicyclic) bond motifs is 2. The van der Waals surface area contributed by atoms with Crippen LogP contribution in [0.3, 0.4) is 0 Å². The summed E-state index contributed by atoms with van der Waals surface area (Å²) in [5.74, 6) is 2.59. The molecular weight excluding hydrogens is 308 g/mol. The van der Waals surface area contributed by atoms with Crippen molar-refractivity contribution in [3.05, 3.63) is 47.0 Å². The smallest absolute Gasteiger partial charge is 0.253 e. The Labute approximate surface area is 142 Å². The van der Waals surface area contributed by atoms with Crippen molar-refractivity contribution in [3.8, 4) is 0 Å². The average Bonchev–Trinajstić information content (AvgIpc) is 3.18. The van der Waals surface area contributed by atoms with Gasteiger partial charge in [0.05, 0.1) is 0 Å². The first-order valence-electron chi connectivity index (χ1n) is 8.64. The Balaban J connectivity index is 1.30. The molecule has 1 saturated heterocycles. The summed E-state index contributed by atoms with van der Waals surface area (Å²) in [4.78, 5) is 17.1. The fourth-order valence-corrected chi connectivity index (χ4v) is 4.56. The van der Waals surface area contributed by atoms with Gasteiger partial charge in [-0.25, -0.2) is 0 Å². The molecule has 23 heavy (non-hydrogen) atoms. The highest BCUT2D eigenvalue weighted by atomic mass is 35.5. The van der Waals surface area contributed by atoms with Crippen molar-refractivity contribution in [2.75, 3.05) is 32.7 Å². The second kappa shape index (κ2) is 6.29. The molecule has 1 aromatic carbocycles. The molecule has 2 fully saturated rings. The van der Waals surface area contributed by atoms with Crippen LogP contribution in [0.5, 0.6) is 0 Å². The number of benzene rings is 1. The first kappa shape index (κ1) is 15.2. The van der Waals surface area contributed by atoms with Crippen LogP contribution in [0.2, 0.25) is 5.02 Å². The minimum atomic E-state index is 0.106. The number of piperazine rings is 1. The van der Waals surface area contributed by atoms with Crippen LogP contribution in [0, 0.1) is 17.8 Å². The van der Waals surface area contributed by atoms with Crippen LogP contribution in [0.25, 0.3) is 0 Å². The third-order valence-corrected chi connectivity index (χ3v) is 5.88. The number of hydrogen-bond acceptors (Lipinski definition) is 2. The van der Waals surface area contributed by atoms with Crippen LogP contribution in [0.4, 0.5) is 0 Å². The third kappa shape index (κ3) is 3.17. The molecule has 4 heteroatoms. The summed E-state index contributed by atoms with van der Waals surface area (Å²) in [6.07, 6.45) is 7.57. The van der Waals surface area contributed by atoms with E-state index >= 15 is 0 Å². The predicted octanol–water partition coefficient (Wildman–Crippen LogP) is 3.31. The molecule has 0 radical (unpaired) electrons. The maximum atomic E-state index is 12.5. The molecule has 1 aliphatic heterocycles. The number of carbonyl (C=O) groups is 1. The number of nitrogens with zero attached hydrogens (tertiary/aromatic N) is 2. The van der Waals surface area contributed by atoms with E-state index in [4.69, 9.17) is 11.6 Å². The molecule has 2 bridgehead atoms. The lowest BCUT2D eigenvalue weighted by molar-refractivity contribution is 0.0610. The van der Waals surface area contributed by atoms with Gasteiger partial charge in [-0.1, -0.05) is 29.8 Å². The van der Waals surface area contributed by atoms with E-state index in [-0.39, 0.29) is 5.91 Å². The molecule has 0 unspecified atom stereocenters. The molecule has 3 aliphatic rings. The van der Waals surface area contributed by atoms with Gasteiger partial charge in [0.2, 0.25) is 0 Å². The lowest BCUT2D eigenvalue weighted by Crippen LogP contribution is -2.50. The summed E-state index contributed by atoms with van der Waals surface area (Å²) < 4.78 is 0. The minimum absolute atomic E-state index is 0.106. The van der Waals surface area contributed by atoms with Crippen LogP contribution in [0.1, 0.15) is 23.2 Å². The molecule has 0 aromatic heterocycles. The van der Waals surface area contributed by atoms with Gasteiger partial charge in [0, 0.05) is 43.3 Å². The Morgan fingerprint density at radius 1 is 1.13 bits per heavy atom. The van der Waals surface area contributed by atoms with E-state index in [0.29, 0.717) is 10.6 Å². The fourth-order valence-electron chi connectivity index (χ4n) is 4.37. The van der Waals surface area contributed by atoms with Gasteiger partial charge >= 0.3 is 0 Å². The van der Waals surface area contributed by atoms with Crippen molar-refractivity contribution in [3.63, 3.8) is 0 Å². The molecule has 0 spiro atoms. The number of hydrogen-bond donors (Lipinski definition) is 0. The van der Waals surface area contributed by atoms with Crippen LogP contribution in [-0.4, -0.2) is 48.4 Å². The molecule has 0 N–H and O–H groups in total. The van der Waals surface area contributed by atoms with Crippen molar-refractivity contribution in [2.45, 2.75) is 12.8 Å². The van der Waals surface area contributed by atoms with E-state index in [0.717, 1.165) is 43.9 Å². The monoisotopic (exact) mass is 330 g/mol. The molecule has 1 aromatic rings. The number of carbonyl (C=O) groups excluding carboxylic acids is 1. The van der Waals surface area contributed by atoms with Gasteiger partial charge < -0.3 is 4.90 Å². The molecule has 1 saturated carbocycles. The molecule has 2 aliphatic carbocycles. The largest absolute Gasteiger partial charge is 0.336 e. The van der Waals surface area contributed by atoms with Crippen molar-refractivity contribution >= 4 is 17.5 Å². The Hall–Kier alpha value is -1.32. The Morgan fingerprint density at radius 3 is 2.61 bits per heavy atom. The molecule has 122 valence electrons. The molecule has 4 rings (SSSR count). The van der Waals surface area contributed by atoms with E-state index in [1.54, 1.807) is 12.1 Å². The molecule has 1 heterocycles. The number of amides is 1. The SMILES string of the molecule is O=C(c1cccc(Cl)c1)N1CCN(C[C@@H]2C[C@@H]3C=C[C@H]2C3)CC1. The first-order valence-corrected chi connectivity index (χ1v) is 9.02. The van der Waals surface area contributed by atoms with Crippen molar-refractivity contribution in [1.29, 1.82) is 0 Å². The topological polar surface area (TPSA) is 23.6 Å². The third-order valence-electron chi connectivity index (χ3n) is 5.64. The predicted molar refractivity (Wildman–Crippen MR) is 92.6 cm³/mol. The minimum Gasteiger partial charge on any atom is -0.336 e. The van der Waals surface area contributed by atoms with Crippen LogP contribution >= 0.6 is 11.6 Å². The van der Waals surface area contributed by atoms with Gasteiger partial charge in [-0.05, 0) is 48.8 Å². The van der Waals surface area contributed by atoms with Gasteiger partial charge in [0.1, 0.15) is 0 Å². The first-order chi connectivity index (χ1) is 11.2. The van der Waals surface area contributed by atoms with Gasteiger partial charge in [0.25, 0.3) is 5.91 Å².